The van der Waals surface area contributed by atoms with Crippen molar-refractivity contribution in [1.82, 2.24) is 5.32 Å². The zero-order chi connectivity index (χ0) is 55.7. The van der Waals surface area contributed by atoms with Gasteiger partial charge in [0.25, 0.3) is 0 Å². The van der Waals surface area contributed by atoms with Crippen LogP contribution in [0.4, 0.5) is 0 Å². The first kappa shape index (κ1) is 75.6. The van der Waals surface area contributed by atoms with E-state index in [9.17, 15) is 19.8 Å². The summed E-state index contributed by atoms with van der Waals surface area (Å²) >= 11 is 0. The molecule has 0 aliphatic heterocycles. The van der Waals surface area contributed by atoms with Crippen molar-refractivity contribution in [3.63, 3.8) is 0 Å². The summed E-state index contributed by atoms with van der Waals surface area (Å²) in [5, 5.41) is 23.4. The number of nitrogens with one attached hydrogen (secondary N) is 1. The van der Waals surface area contributed by atoms with Crippen LogP contribution in [0.3, 0.4) is 0 Å². The minimum absolute atomic E-state index is 0.0184. The molecule has 0 spiro atoms. The molecule has 0 radical (unpaired) electrons. The predicted molar refractivity (Wildman–Crippen MR) is 338 cm³/mol. The van der Waals surface area contributed by atoms with Crippen LogP contribution in [0.25, 0.3) is 0 Å². The maximum atomic E-state index is 12.5. The quantitative estimate of drug-likeness (QED) is 0.0320. The number of hydrogen-bond donors (Lipinski definition) is 3. The van der Waals surface area contributed by atoms with E-state index in [0.717, 1.165) is 38.5 Å². The third-order valence-electron chi connectivity index (χ3n) is 16.8. The molecule has 0 bridgehead atoms. The molecule has 77 heavy (non-hydrogen) atoms. The Morgan fingerprint density at radius 3 is 0.922 bits per heavy atom. The average Bonchev–Trinajstić information content (AvgIpc) is 3.43. The molecular formula is C71H139NO5. The first-order chi connectivity index (χ1) is 38.0. The van der Waals surface area contributed by atoms with Crippen LogP contribution >= 0.6 is 0 Å². The van der Waals surface area contributed by atoms with Gasteiger partial charge in [0.05, 0.1) is 25.4 Å². The molecular weight excluding hydrogens is 947 g/mol. The molecule has 6 heteroatoms. The summed E-state index contributed by atoms with van der Waals surface area (Å²) in [5.41, 5.74) is 0. The van der Waals surface area contributed by atoms with Gasteiger partial charge in [-0.1, -0.05) is 353 Å². The van der Waals surface area contributed by atoms with Crippen LogP contribution in [0.2, 0.25) is 0 Å². The number of ether oxygens (including phenoxy) is 1. The number of aliphatic hydroxyl groups is 2. The standard InChI is InChI=1S/C71H139NO5/c1-3-5-7-9-11-13-15-17-19-20-30-33-36-39-43-47-51-55-59-63-69(74)68(67-73)72-70(75)64-60-56-52-48-44-40-37-34-31-28-26-24-22-21-23-25-27-29-32-35-38-42-46-50-54-58-62-66-77-71(76)65-61-57-53-49-45-41-18-16-14-12-10-8-6-4-2/h21-22,68-69,73-74H,3-20,23-67H2,1-2H3,(H,72,75)/b22-21-. The van der Waals surface area contributed by atoms with Gasteiger partial charge in [-0.3, -0.25) is 9.59 Å². The minimum atomic E-state index is -0.665. The minimum Gasteiger partial charge on any atom is -0.466 e. The van der Waals surface area contributed by atoms with Crippen LogP contribution < -0.4 is 5.32 Å². The fraction of sp³-hybridized carbons (Fsp3) is 0.944. The van der Waals surface area contributed by atoms with Crippen molar-refractivity contribution in [3.05, 3.63) is 12.2 Å². The highest BCUT2D eigenvalue weighted by atomic mass is 16.5. The van der Waals surface area contributed by atoms with E-state index in [4.69, 9.17) is 4.74 Å². The molecule has 0 aliphatic rings. The van der Waals surface area contributed by atoms with Crippen molar-refractivity contribution < 1.29 is 24.5 Å². The number of carbonyl (C=O) groups is 2. The molecule has 0 aliphatic carbocycles. The summed E-state index contributed by atoms with van der Waals surface area (Å²) in [5.74, 6) is -0.0129. The van der Waals surface area contributed by atoms with E-state index in [0.29, 0.717) is 25.9 Å². The monoisotopic (exact) mass is 1090 g/mol. The molecule has 2 unspecified atom stereocenters. The first-order valence-electron chi connectivity index (χ1n) is 35.4. The van der Waals surface area contributed by atoms with Gasteiger partial charge >= 0.3 is 5.97 Å². The van der Waals surface area contributed by atoms with Gasteiger partial charge in [-0.15, -0.1) is 0 Å². The van der Waals surface area contributed by atoms with E-state index < -0.39 is 12.1 Å². The van der Waals surface area contributed by atoms with E-state index in [1.165, 1.54) is 334 Å². The number of hydrogen-bond acceptors (Lipinski definition) is 5. The number of amides is 1. The smallest absolute Gasteiger partial charge is 0.305 e. The third kappa shape index (κ3) is 63.6. The Bertz CT molecular complexity index is 1160. The Kier molecular flexibility index (Phi) is 65.9. The highest BCUT2D eigenvalue weighted by Crippen LogP contribution is 2.19. The van der Waals surface area contributed by atoms with Gasteiger partial charge in [0.2, 0.25) is 5.91 Å². The van der Waals surface area contributed by atoms with Crippen molar-refractivity contribution in [1.29, 1.82) is 0 Å². The van der Waals surface area contributed by atoms with E-state index in [-0.39, 0.29) is 18.5 Å². The van der Waals surface area contributed by atoms with Gasteiger partial charge in [-0.05, 0) is 51.4 Å². The summed E-state index contributed by atoms with van der Waals surface area (Å²) in [6.45, 7) is 5.00. The predicted octanol–water partition coefficient (Wildman–Crippen LogP) is 22.8. The van der Waals surface area contributed by atoms with Crippen molar-refractivity contribution in [2.45, 2.75) is 418 Å². The molecule has 0 fully saturated rings. The van der Waals surface area contributed by atoms with Gasteiger partial charge < -0.3 is 20.3 Å². The lowest BCUT2D eigenvalue weighted by Crippen LogP contribution is -2.45. The Balaban J connectivity index is 3.37. The lowest BCUT2D eigenvalue weighted by Gasteiger charge is -2.22. The summed E-state index contributed by atoms with van der Waals surface area (Å²) in [6.07, 6.45) is 82.6. The van der Waals surface area contributed by atoms with E-state index in [1.54, 1.807) is 0 Å². The topological polar surface area (TPSA) is 95.9 Å². The second-order valence-corrected chi connectivity index (χ2v) is 24.6. The highest BCUT2D eigenvalue weighted by molar-refractivity contribution is 5.76. The number of aliphatic hydroxyl groups excluding tert-OH is 2. The molecule has 0 heterocycles. The normalized spacial score (nSPS) is 12.5. The van der Waals surface area contributed by atoms with Crippen LogP contribution in [0, 0.1) is 0 Å². The lowest BCUT2D eigenvalue weighted by atomic mass is 10.0. The van der Waals surface area contributed by atoms with Crippen molar-refractivity contribution >= 4 is 11.9 Å². The number of unbranched alkanes of at least 4 members (excludes halogenated alkanes) is 54. The number of allylic oxidation sites excluding steroid dienone is 2. The summed E-state index contributed by atoms with van der Waals surface area (Å²) in [7, 11) is 0. The van der Waals surface area contributed by atoms with E-state index in [1.807, 2.05) is 0 Å². The molecule has 458 valence electrons. The summed E-state index contributed by atoms with van der Waals surface area (Å²) in [6, 6.07) is -0.542. The van der Waals surface area contributed by atoms with Gasteiger partial charge in [-0.2, -0.15) is 0 Å². The van der Waals surface area contributed by atoms with Crippen molar-refractivity contribution in [3.8, 4) is 0 Å². The molecule has 0 saturated heterocycles. The van der Waals surface area contributed by atoms with Gasteiger partial charge in [0.1, 0.15) is 0 Å². The number of carbonyl (C=O) groups excluding carboxylic acids is 2. The number of rotatable bonds is 67. The average molecular weight is 1090 g/mol. The Labute approximate surface area is 482 Å². The molecule has 0 aromatic carbocycles. The van der Waals surface area contributed by atoms with Crippen LogP contribution in [0.15, 0.2) is 12.2 Å². The largest absolute Gasteiger partial charge is 0.466 e. The fourth-order valence-electron chi connectivity index (χ4n) is 11.4. The molecule has 0 rings (SSSR count). The second-order valence-electron chi connectivity index (χ2n) is 24.6. The Hall–Kier alpha value is -1.40. The molecule has 0 aromatic rings. The van der Waals surface area contributed by atoms with Gasteiger partial charge in [0.15, 0.2) is 0 Å². The first-order valence-corrected chi connectivity index (χ1v) is 35.4. The second kappa shape index (κ2) is 67.1. The van der Waals surface area contributed by atoms with Crippen molar-refractivity contribution in [2.75, 3.05) is 13.2 Å². The van der Waals surface area contributed by atoms with Crippen LogP contribution in [-0.2, 0) is 14.3 Å². The van der Waals surface area contributed by atoms with E-state index >= 15 is 0 Å². The summed E-state index contributed by atoms with van der Waals surface area (Å²) in [4.78, 5) is 24.6. The van der Waals surface area contributed by atoms with Crippen LogP contribution in [0.1, 0.15) is 406 Å². The molecule has 6 nitrogen and oxygen atoms in total. The van der Waals surface area contributed by atoms with Gasteiger partial charge in [0, 0.05) is 12.8 Å². The Morgan fingerprint density at radius 1 is 0.351 bits per heavy atom. The van der Waals surface area contributed by atoms with Crippen LogP contribution in [0.5, 0.6) is 0 Å². The molecule has 1 amide bonds. The van der Waals surface area contributed by atoms with Crippen molar-refractivity contribution in [2.24, 2.45) is 0 Å². The molecule has 0 aromatic heterocycles. The molecule has 0 saturated carbocycles. The molecule has 3 N–H and O–H groups in total. The lowest BCUT2D eigenvalue weighted by molar-refractivity contribution is -0.143. The Morgan fingerprint density at radius 2 is 0.610 bits per heavy atom. The maximum Gasteiger partial charge on any atom is 0.305 e. The van der Waals surface area contributed by atoms with E-state index in [2.05, 4.69) is 31.3 Å². The third-order valence-corrected chi connectivity index (χ3v) is 16.8. The number of esters is 1. The zero-order valence-corrected chi connectivity index (χ0v) is 52.5. The maximum absolute atomic E-state index is 12.5. The SMILES string of the molecule is CCCCCCCCCCCCCCCCCCCCCC(O)C(CO)NC(=O)CCCCCCCCCCCCC/C=C\CCCCCCCCCCCCCCOC(=O)CCCCCCCCCCCCCCCC. The fourth-order valence-corrected chi connectivity index (χ4v) is 11.4. The summed E-state index contributed by atoms with van der Waals surface area (Å²) < 4.78 is 5.49. The highest BCUT2D eigenvalue weighted by Gasteiger charge is 2.20. The molecule has 2 atom stereocenters. The zero-order valence-electron chi connectivity index (χ0n) is 52.5. The van der Waals surface area contributed by atoms with Crippen LogP contribution in [-0.4, -0.2) is 47.4 Å². The van der Waals surface area contributed by atoms with Gasteiger partial charge in [-0.25, -0.2) is 0 Å².